The molecular formula is C12H14F2N4O2. The number of carbonyl (C=O) groups is 1. The van der Waals surface area contributed by atoms with Crippen LogP contribution in [0.25, 0.3) is 5.78 Å². The van der Waals surface area contributed by atoms with E-state index < -0.39 is 25.0 Å². The highest BCUT2D eigenvalue weighted by molar-refractivity contribution is 5.92. The number of hydrogen-bond donors (Lipinski definition) is 1. The largest absolute Gasteiger partial charge is 0.392 e. The highest BCUT2D eigenvalue weighted by Gasteiger charge is 2.23. The maximum atomic E-state index is 12.5. The smallest absolute Gasteiger partial charge is 0.274 e. The SMILES string of the molecule is CC(O)CN(CC(F)F)C(=O)c1cn2cccnc2n1. The quantitative estimate of drug-likeness (QED) is 0.882. The van der Waals surface area contributed by atoms with Crippen LogP contribution in [0.4, 0.5) is 8.78 Å². The minimum Gasteiger partial charge on any atom is -0.392 e. The fourth-order valence-corrected chi connectivity index (χ4v) is 1.82. The number of amides is 1. The lowest BCUT2D eigenvalue weighted by molar-refractivity contribution is 0.0416. The minimum absolute atomic E-state index is 0.0185. The molecule has 0 saturated carbocycles. The van der Waals surface area contributed by atoms with E-state index in [2.05, 4.69) is 9.97 Å². The summed E-state index contributed by atoms with van der Waals surface area (Å²) in [6.07, 6.45) is 1.02. The molecule has 108 valence electrons. The molecule has 2 rings (SSSR count). The Morgan fingerprint density at radius 1 is 1.50 bits per heavy atom. The summed E-state index contributed by atoms with van der Waals surface area (Å²) in [7, 11) is 0. The van der Waals surface area contributed by atoms with Gasteiger partial charge in [-0.2, -0.15) is 0 Å². The lowest BCUT2D eigenvalue weighted by Crippen LogP contribution is -2.39. The number of aromatic nitrogens is 3. The Kier molecular flexibility index (Phi) is 4.23. The van der Waals surface area contributed by atoms with Crippen molar-refractivity contribution in [3.8, 4) is 0 Å². The van der Waals surface area contributed by atoms with E-state index in [1.165, 1.54) is 23.7 Å². The van der Waals surface area contributed by atoms with Gasteiger partial charge in [0.15, 0.2) is 0 Å². The van der Waals surface area contributed by atoms with Gasteiger partial charge in [0.05, 0.1) is 12.6 Å². The van der Waals surface area contributed by atoms with Gasteiger partial charge in [0.25, 0.3) is 12.3 Å². The summed E-state index contributed by atoms with van der Waals surface area (Å²) in [6.45, 7) is 0.506. The maximum absolute atomic E-state index is 12.5. The van der Waals surface area contributed by atoms with Crippen molar-refractivity contribution in [3.05, 3.63) is 30.4 Å². The first-order valence-corrected chi connectivity index (χ1v) is 6.02. The van der Waals surface area contributed by atoms with Crippen molar-refractivity contribution in [2.75, 3.05) is 13.1 Å². The molecule has 0 fully saturated rings. The minimum atomic E-state index is -2.67. The molecule has 20 heavy (non-hydrogen) atoms. The van der Waals surface area contributed by atoms with Gasteiger partial charge >= 0.3 is 0 Å². The molecule has 0 aromatic carbocycles. The molecule has 1 N–H and O–H groups in total. The normalized spacial score (nSPS) is 12.8. The average molecular weight is 284 g/mol. The Morgan fingerprint density at radius 3 is 2.85 bits per heavy atom. The van der Waals surface area contributed by atoms with Crippen molar-refractivity contribution in [2.24, 2.45) is 0 Å². The summed E-state index contributed by atoms with van der Waals surface area (Å²) in [5.74, 6) is -0.346. The van der Waals surface area contributed by atoms with Gasteiger partial charge in [0.1, 0.15) is 5.69 Å². The van der Waals surface area contributed by atoms with Crippen molar-refractivity contribution >= 4 is 11.7 Å². The summed E-state index contributed by atoms with van der Waals surface area (Å²) >= 11 is 0. The number of nitrogens with zero attached hydrogens (tertiary/aromatic N) is 4. The van der Waals surface area contributed by atoms with Crippen LogP contribution in [-0.4, -0.2) is 55.9 Å². The molecule has 1 amide bonds. The Labute approximate surface area is 113 Å². The first kappa shape index (κ1) is 14.3. The first-order chi connectivity index (χ1) is 9.47. The van der Waals surface area contributed by atoms with Crippen LogP contribution in [0.15, 0.2) is 24.7 Å². The number of fused-ring (bicyclic) bond motifs is 1. The van der Waals surface area contributed by atoms with Gasteiger partial charge in [-0.05, 0) is 13.0 Å². The molecule has 0 spiro atoms. The molecule has 2 aromatic rings. The number of carbonyl (C=O) groups excluding carboxylic acids is 1. The first-order valence-electron chi connectivity index (χ1n) is 6.02. The molecule has 2 heterocycles. The maximum Gasteiger partial charge on any atom is 0.274 e. The van der Waals surface area contributed by atoms with E-state index in [-0.39, 0.29) is 12.2 Å². The van der Waals surface area contributed by atoms with Gasteiger partial charge in [-0.1, -0.05) is 0 Å². The van der Waals surface area contributed by atoms with E-state index in [1.807, 2.05) is 0 Å². The number of aliphatic hydroxyl groups is 1. The summed E-state index contributed by atoms with van der Waals surface area (Å²) in [6, 6.07) is 1.66. The summed E-state index contributed by atoms with van der Waals surface area (Å²) in [5, 5.41) is 9.29. The third-order valence-electron chi connectivity index (χ3n) is 2.58. The Balaban J connectivity index is 2.25. The van der Waals surface area contributed by atoms with Crippen LogP contribution < -0.4 is 0 Å². The molecule has 0 radical (unpaired) electrons. The van der Waals surface area contributed by atoms with Crippen LogP contribution in [-0.2, 0) is 0 Å². The summed E-state index contributed by atoms with van der Waals surface area (Å²) in [4.78, 5) is 21.0. The number of alkyl halides is 2. The van der Waals surface area contributed by atoms with Crippen molar-refractivity contribution in [2.45, 2.75) is 19.5 Å². The summed E-state index contributed by atoms with van der Waals surface area (Å²) < 4.78 is 26.5. The van der Waals surface area contributed by atoms with Crippen molar-refractivity contribution < 1.29 is 18.7 Å². The van der Waals surface area contributed by atoms with Crippen LogP contribution >= 0.6 is 0 Å². The predicted octanol–water partition coefficient (Wildman–Crippen LogP) is 0.817. The number of imidazole rings is 1. The van der Waals surface area contributed by atoms with Crippen LogP contribution in [0.2, 0.25) is 0 Å². The zero-order chi connectivity index (χ0) is 14.7. The van der Waals surface area contributed by atoms with E-state index in [9.17, 15) is 18.7 Å². The van der Waals surface area contributed by atoms with Gasteiger partial charge in [-0.25, -0.2) is 18.7 Å². The zero-order valence-electron chi connectivity index (χ0n) is 10.8. The highest BCUT2D eigenvalue weighted by atomic mass is 19.3. The molecule has 1 unspecified atom stereocenters. The summed E-state index contributed by atoms with van der Waals surface area (Å²) in [5.41, 5.74) is 0.0185. The zero-order valence-corrected chi connectivity index (χ0v) is 10.8. The van der Waals surface area contributed by atoms with Gasteiger partial charge < -0.3 is 10.0 Å². The van der Waals surface area contributed by atoms with Crippen LogP contribution in [0.5, 0.6) is 0 Å². The second-order valence-electron chi connectivity index (χ2n) is 4.40. The fraction of sp³-hybridized carbons (Fsp3) is 0.417. The van der Waals surface area contributed by atoms with Crippen LogP contribution in [0.3, 0.4) is 0 Å². The molecule has 6 nitrogen and oxygen atoms in total. The molecule has 0 aliphatic heterocycles. The van der Waals surface area contributed by atoms with Gasteiger partial charge in [-0.3, -0.25) is 9.20 Å². The van der Waals surface area contributed by atoms with Crippen molar-refractivity contribution in [3.63, 3.8) is 0 Å². The van der Waals surface area contributed by atoms with Gasteiger partial charge in [-0.15, -0.1) is 0 Å². The number of hydrogen-bond acceptors (Lipinski definition) is 4. The standard InChI is InChI=1S/C12H14F2N4O2/c1-8(19)5-18(7-10(13)14)11(20)9-6-17-4-2-3-15-12(17)16-9/h2-4,6,8,10,19H,5,7H2,1H3. The average Bonchev–Trinajstić information content (AvgIpc) is 2.79. The second kappa shape index (κ2) is 5.91. The fourth-order valence-electron chi connectivity index (χ4n) is 1.82. The monoisotopic (exact) mass is 284 g/mol. The topological polar surface area (TPSA) is 70.7 Å². The van der Waals surface area contributed by atoms with Gasteiger partial charge in [0, 0.05) is 25.1 Å². The number of rotatable bonds is 5. The lowest BCUT2D eigenvalue weighted by atomic mass is 10.3. The number of aliphatic hydroxyl groups excluding tert-OH is 1. The predicted molar refractivity (Wildman–Crippen MR) is 66.6 cm³/mol. The van der Waals surface area contributed by atoms with E-state index in [1.54, 1.807) is 12.3 Å². The van der Waals surface area contributed by atoms with E-state index >= 15 is 0 Å². The van der Waals surface area contributed by atoms with E-state index in [4.69, 9.17) is 0 Å². The number of halogens is 2. The molecule has 0 saturated heterocycles. The molecule has 0 aliphatic rings. The Bertz CT molecular complexity index is 557. The molecular weight excluding hydrogens is 270 g/mol. The van der Waals surface area contributed by atoms with Crippen molar-refractivity contribution in [1.29, 1.82) is 0 Å². The highest BCUT2D eigenvalue weighted by Crippen LogP contribution is 2.09. The molecule has 2 aromatic heterocycles. The lowest BCUT2D eigenvalue weighted by Gasteiger charge is -2.22. The molecule has 0 bridgehead atoms. The van der Waals surface area contributed by atoms with Crippen molar-refractivity contribution in [1.82, 2.24) is 19.3 Å². The second-order valence-corrected chi connectivity index (χ2v) is 4.40. The van der Waals surface area contributed by atoms with Crippen LogP contribution in [0, 0.1) is 0 Å². The molecule has 8 heteroatoms. The molecule has 0 aliphatic carbocycles. The third kappa shape index (κ3) is 3.27. The van der Waals surface area contributed by atoms with E-state index in [0.29, 0.717) is 5.78 Å². The third-order valence-corrected chi connectivity index (χ3v) is 2.58. The van der Waals surface area contributed by atoms with Crippen LogP contribution in [0.1, 0.15) is 17.4 Å². The Morgan fingerprint density at radius 2 is 2.25 bits per heavy atom. The Hall–Kier alpha value is -2.09. The van der Waals surface area contributed by atoms with Gasteiger partial charge in [0.2, 0.25) is 5.78 Å². The molecule has 1 atom stereocenters. The van der Waals surface area contributed by atoms with E-state index in [0.717, 1.165) is 4.90 Å².